The molecule has 2 aliphatic heterocycles. The van der Waals surface area contributed by atoms with Gasteiger partial charge in [0, 0.05) is 26.2 Å². The molecule has 3 fully saturated rings. The van der Waals surface area contributed by atoms with Crippen LogP contribution in [-0.2, 0) is 4.79 Å². The molecule has 2 saturated heterocycles. The molecule has 4 nitrogen and oxygen atoms in total. The molecule has 0 bridgehead atoms. The van der Waals surface area contributed by atoms with Crippen LogP contribution in [0.3, 0.4) is 0 Å². The van der Waals surface area contributed by atoms with Gasteiger partial charge < -0.3 is 10.0 Å². The van der Waals surface area contributed by atoms with Gasteiger partial charge in [-0.25, -0.2) is 0 Å². The highest BCUT2D eigenvalue weighted by atomic mass is 16.3. The molecule has 2 heterocycles. The standard InChI is InChI=1S/C14H24N2O2/c1-11-3-2-6-16(7-11)13(17)8-15-9-14(18,10-15)12-4-5-12/h11-12,18H,2-10H2,1H3. The number of carbonyl (C=O) groups excluding carboxylic acids is 1. The van der Waals surface area contributed by atoms with Crippen molar-refractivity contribution in [3.05, 3.63) is 0 Å². The number of piperidine rings is 1. The molecule has 1 saturated carbocycles. The molecule has 0 spiro atoms. The second-order valence-electron chi connectivity index (χ2n) is 6.61. The number of rotatable bonds is 3. The van der Waals surface area contributed by atoms with E-state index >= 15 is 0 Å². The first-order valence-electron chi connectivity index (χ1n) is 7.29. The number of β-amino-alcohol motifs (C(OH)–C–C–N with tert-alkyl or cyclic N) is 1. The molecule has 1 aliphatic carbocycles. The molecule has 0 aromatic rings. The zero-order chi connectivity index (χ0) is 12.8. The summed E-state index contributed by atoms with van der Waals surface area (Å²) in [5, 5.41) is 10.2. The van der Waals surface area contributed by atoms with Gasteiger partial charge in [-0.2, -0.15) is 0 Å². The second-order valence-corrected chi connectivity index (χ2v) is 6.61. The van der Waals surface area contributed by atoms with E-state index in [4.69, 9.17) is 0 Å². The summed E-state index contributed by atoms with van der Waals surface area (Å²) in [7, 11) is 0. The molecular formula is C14H24N2O2. The van der Waals surface area contributed by atoms with Crippen molar-refractivity contribution in [2.45, 2.75) is 38.2 Å². The highest BCUT2D eigenvalue weighted by molar-refractivity contribution is 5.78. The molecule has 18 heavy (non-hydrogen) atoms. The molecule has 3 aliphatic rings. The van der Waals surface area contributed by atoms with Crippen LogP contribution in [0.4, 0.5) is 0 Å². The normalized spacial score (nSPS) is 32.1. The van der Waals surface area contributed by atoms with Crippen LogP contribution in [0.1, 0.15) is 32.6 Å². The van der Waals surface area contributed by atoms with Crippen molar-refractivity contribution in [3.8, 4) is 0 Å². The Labute approximate surface area is 109 Å². The molecule has 1 atom stereocenters. The second kappa shape index (κ2) is 4.49. The van der Waals surface area contributed by atoms with Crippen LogP contribution < -0.4 is 0 Å². The van der Waals surface area contributed by atoms with E-state index in [0.717, 1.165) is 19.5 Å². The number of aliphatic hydroxyl groups is 1. The van der Waals surface area contributed by atoms with Crippen LogP contribution in [0.15, 0.2) is 0 Å². The van der Waals surface area contributed by atoms with E-state index in [0.29, 0.717) is 31.5 Å². The van der Waals surface area contributed by atoms with Gasteiger partial charge in [-0.15, -0.1) is 0 Å². The van der Waals surface area contributed by atoms with Crippen molar-refractivity contribution < 1.29 is 9.90 Å². The maximum absolute atomic E-state index is 12.1. The summed E-state index contributed by atoms with van der Waals surface area (Å²) in [6.45, 7) is 5.96. The Balaban J connectivity index is 1.44. The monoisotopic (exact) mass is 252 g/mol. The van der Waals surface area contributed by atoms with E-state index in [1.807, 2.05) is 4.90 Å². The van der Waals surface area contributed by atoms with Gasteiger partial charge in [0.05, 0.1) is 12.1 Å². The lowest BCUT2D eigenvalue weighted by Gasteiger charge is -2.47. The fraction of sp³-hybridized carbons (Fsp3) is 0.929. The van der Waals surface area contributed by atoms with Gasteiger partial charge in [-0.3, -0.25) is 9.69 Å². The predicted molar refractivity (Wildman–Crippen MR) is 69.1 cm³/mol. The van der Waals surface area contributed by atoms with E-state index < -0.39 is 5.60 Å². The van der Waals surface area contributed by atoms with E-state index in [-0.39, 0.29) is 5.91 Å². The molecule has 0 aromatic heterocycles. The van der Waals surface area contributed by atoms with Crippen LogP contribution in [-0.4, -0.2) is 59.1 Å². The topological polar surface area (TPSA) is 43.8 Å². The Morgan fingerprint density at radius 2 is 2.06 bits per heavy atom. The number of likely N-dealkylation sites (tertiary alicyclic amines) is 2. The highest BCUT2D eigenvalue weighted by Crippen LogP contribution is 2.44. The molecule has 1 unspecified atom stereocenters. The van der Waals surface area contributed by atoms with Gasteiger partial charge in [0.25, 0.3) is 0 Å². The lowest BCUT2D eigenvalue weighted by Crippen LogP contribution is -2.64. The molecule has 0 radical (unpaired) electrons. The zero-order valence-electron chi connectivity index (χ0n) is 11.3. The summed E-state index contributed by atoms with van der Waals surface area (Å²) in [4.78, 5) is 16.2. The van der Waals surface area contributed by atoms with Crippen molar-refractivity contribution in [1.82, 2.24) is 9.80 Å². The lowest BCUT2D eigenvalue weighted by atomic mass is 9.89. The smallest absolute Gasteiger partial charge is 0.236 e. The number of amides is 1. The summed E-state index contributed by atoms with van der Waals surface area (Å²) in [6, 6.07) is 0. The van der Waals surface area contributed by atoms with E-state index in [9.17, 15) is 9.90 Å². The van der Waals surface area contributed by atoms with Crippen molar-refractivity contribution in [3.63, 3.8) is 0 Å². The van der Waals surface area contributed by atoms with Gasteiger partial charge in [0.2, 0.25) is 5.91 Å². The van der Waals surface area contributed by atoms with Gasteiger partial charge in [-0.05, 0) is 37.5 Å². The summed E-state index contributed by atoms with van der Waals surface area (Å²) in [6.07, 6.45) is 4.72. The van der Waals surface area contributed by atoms with Gasteiger partial charge in [-0.1, -0.05) is 6.92 Å². The SMILES string of the molecule is CC1CCCN(C(=O)CN2CC(O)(C3CC3)C2)C1. The Morgan fingerprint density at radius 1 is 1.33 bits per heavy atom. The average molecular weight is 252 g/mol. The van der Waals surface area contributed by atoms with Crippen molar-refractivity contribution in [1.29, 1.82) is 0 Å². The first-order chi connectivity index (χ1) is 8.57. The largest absolute Gasteiger partial charge is 0.387 e. The third kappa shape index (κ3) is 2.41. The minimum atomic E-state index is -0.463. The van der Waals surface area contributed by atoms with Crippen LogP contribution in [0.2, 0.25) is 0 Å². The van der Waals surface area contributed by atoms with Crippen LogP contribution in [0.5, 0.6) is 0 Å². The first-order valence-corrected chi connectivity index (χ1v) is 7.29. The average Bonchev–Trinajstić information content (AvgIpc) is 3.10. The minimum absolute atomic E-state index is 0.249. The maximum Gasteiger partial charge on any atom is 0.236 e. The lowest BCUT2D eigenvalue weighted by molar-refractivity contribution is -0.146. The van der Waals surface area contributed by atoms with Gasteiger partial charge in [0.1, 0.15) is 0 Å². The number of hydrogen-bond acceptors (Lipinski definition) is 3. The van der Waals surface area contributed by atoms with Crippen molar-refractivity contribution in [2.24, 2.45) is 11.8 Å². The van der Waals surface area contributed by atoms with E-state index in [1.54, 1.807) is 0 Å². The molecule has 1 amide bonds. The fourth-order valence-corrected chi connectivity index (χ4v) is 3.43. The molecular weight excluding hydrogens is 228 g/mol. The van der Waals surface area contributed by atoms with Crippen molar-refractivity contribution >= 4 is 5.91 Å². The molecule has 1 N–H and O–H groups in total. The fourth-order valence-electron chi connectivity index (χ4n) is 3.43. The molecule has 4 heteroatoms. The number of nitrogens with zero attached hydrogens (tertiary/aromatic N) is 2. The summed E-state index contributed by atoms with van der Waals surface area (Å²) in [5.41, 5.74) is -0.463. The third-order valence-electron chi connectivity index (χ3n) is 4.70. The zero-order valence-corrected chi connectivity index (χ0v) is 11.3. The molecule has 102 valence electrons. The quantitative estimate of drug-likeness (QED) is 0.804. The molecule has 3 rings (SSSR count). The highest BCUT2D eigenvalue weighted by Gasteiger charge is 2.52. The van der Waals surface area contributed by atoms with Crippen LogP contribution in [0.25, 0.3) is 0 Å². The Bertz CT molecular complexity index is 335. The summed E-state index contributed by atoms with van der Waals surface area (Å²) >= 11 is 0. The van der Waals surface area contributed by atoms with Gasteiger partial charge >= 0.3 is 0 Å². The van der Waals surface area contributed by atoms with E-state index in [1.165, 1.54) is 19.3 Å². The predicted octanol–water partition coefficient (Wildman–Crippen LogP) is 0.702. The first kappa shape index (κ1) is 12.4. The molecule has 0 aromatic carbocycles. The van der Waals surface area contributed by atoms with Gasteiger partial charge in [0.15, 0.2) is 0 Å². The minimum Gasteiger partial charge on any atom is -0.387 e. The Hall–Kier alpha value is -0.610. The van der Waals surface area contributed by atoms with Crippen LogP contribution >= 0.6 is 0 Å². The Morgan fingerprint density at radius 3 is 2.67 bits per heavy atom. The maximum atomic E-state index is 12.1. The van der Waals surface area contributed by atoms with Crippen LogP contribution in [0, 0.1) is 11.8 Å². The summed E-state index contributed by atoms with van der Waals surface area (Å²) < 4.78 is 0. The van der Waals surface area contributed by atoms with E-state index in [2.05, 4.69) is 11.8 Å². The number of hydrogen-bond donors (Lipinski definition) is 1. The number of carbonyl (C=O) groups is 1. The summed E-state index contributed by atoms with van der Waals surface area (Å²) in [5.74, 6) is 1.40. The third-order valence-corrected chi connectivity index (χ3v) is 4.70. The Kier molecular flexibility index (Phi) is 3.10. The van der Waals surface area contributed by atoms with Crippen molar-refractivity contribution in [2.75, 3.05) is 32.7 Å².